The number of anilines is 1. The van der Waals surface area contributed by atoms with Crippen molar-refractivity contribution in [3.05, 3.63) is 40.4 Å². The summed E-state index contributed by atoms with van der Waals surface area (Å²) in [5, 5.41) is 19.7. The third kappa shape index (κ3) is 2.19. The number of H-pyrrole nitrogens is 1. The number of carbonyl (C=O) groups excluding carboxylic acids is 1. The Morgan fingerprint density at radius 3 is 2.61 bits per heavy atom. The van der Waals surface area contributed by atoms with Crippen LogP contribution in [0.1, 0.15) is 6.92 Å². The Balaban J connectivity index is 2.52. The number of amides is 1. The summed E-state index contributed by atoms with van der Waals surface area (Å²) in [6, 6.07) is 8.77. The van der Waals surface area contributed by atoms with Gasteiger partial charge in [-0.25, -0.2) is 0 Å². The molecule has 0 aliphatic rings. The van der Waals surface area contributed by atoms with Crippen molar-refractivity contribution in [1.82, 2.24) is 10.2 Å². The normalized spacial score (nSPS) is 10.1. The van der Waals surface area contributed by atoms with E-state index in [0.717, 1.165) is 0 Å². The molecule has 0 fully saturated rings. The lowest BCUT2D eigenvalue weighted by molar-refractivity contribution is -0.383. The molecule has 7 heteroatoms. The number of nitrogens with one attached hydrogen (secondary N) is 2. The Morgan fingerprint density at radius 1 is 1.39 bits per heavy atom. The second kappa shape index (κ2) is 4.66. The maximum absolute atomic E-state index is 11.1. The fourth-order valence-electron chi connectivity index (χ4n) is 1.57. The van der Waals surface area contributed by atoms with Crippen molar-refractivity contribution in [2.75, 3.05) is 5.32 Å². The van der Waals surface area contributed by atoms with Gasteiger partial charge in [0, 0.05) is 12.5 Å². The second-order valence-electron chi connectivity index (χ2n) is 3.60. The molecule has 2 rings (SSSR count). The quantitative estimate of drug-likeness (QED) is 0.638. The van der Waals surface area contributed by atoms with Crippen LogP contribution in [0.5, 0.6) is 0 Å². The highest BCUT2D eigenvalue weighted by Crippen LogP contribution is 2.33. The standard InChI is InChI=1S/C11H10N4O3/c1-7(16)12-11-10(15(17)18)9(13-14-11)8-5-3-2-4-6-8/h2-6H,1H3,(H2,12,13,14,16). The van der Waals surface area contributed by atoms with Crippen LogP contribution in [-0.2, 0) is 4.79 Å². The van der Waals surface area contributed by atoms with E-state index in [9.17, 15) is 14.9 Å². The van der Waals surface area contributed by atoms with Crippen LogP contribution in [0.4, 0.5) is 11.5 Å². The fraction of sp³-hybridized carbons (Fsp3) is 0.0909. The molecule has 1 amide bonds. The second-order valence-corrected chi connectivity index (χ2v) is 3.60. The molecule has 0 radical (unpaired) electrons. The van der Waals surface area contributed by atoms with Gasteiger partial charge >= 0.3 is 5.69 Å². The molecule has 2 N–H and O–H groups in total. The van der Waals surface area contributed by atoms with Crippen LogP contribution in [0.15, 0.2) is 30.3 Å². The van der Waals surface area contributed by atoms with Crippen molar-refractivity contribution in [2.24, 2.45) is 0 Å². The number of benzene rings is 1. The minimum atomic E-state index is -0.572. The molecule has 0 saturated carbocycles. The number of nitrogens with zero attached hydrogens (tertiary/aromatic N) is 2. The SMILES string of the molecule is CC(=O)Nc1n[nH]c(-c2ccccc2)c1[N+](=O)[O-]. The maximum atomic E-state index is 11.1. The first-order valence-corrected chi connectivity index (χ1v) is 5.15. The summed E-state index contributed by atoms with van der Waals surface area (Å²) in [6.07, 6.45) is 0. The molecule has 7 nitrogen and oxygen atoms in total. The molecule has 0 atom stereocenters. The van der Waals surface area contributed by atoms with Gasteiger partial charge in [-0.3, -0.25) is 20.0 Å². The van der Waals surface area contributed by atoms with Gasteiger partial charge in [-0.15, -0.1) is 5.10 Å². The van der Waals surface area contributed by atoms with Gasteiger partial charge in [-0.1, -0.05) is 30.3 Å². The zero-order valence-corrected chi connectivity index (χ0v) is 9.51. The lowest BCUT2D eigenvalue weighted by Gasteiger charge is -1.98. The Kier molecular flexibility index (Phi) is 3.05. The number of hydrogen-bond donors (Lipinski definition) is 2. The molecular formula is C11H10N4O3. The predicted octanol–water partition coefficient (Wildman–Crippen LogP) is 1.94. The molecular weight excluding hydrogens is 236 g/mol. The van der Waals surface area contributed by atoms with Crippen LogP contribution >= 0.6 is 0 Å². The highest BCUT2D eigenvalue weighted by atomic mass is 16.6. The van der Waals surface area contributed by atoms with Gasteiger partial charge in [0.1, 0.15) is 5.69 Å². The van der Waals surface area contributed by atoms with E-state index < -0.39 is 10.8 Å². The Labute approximate surface area is 102 Å². The number of aromatic nitrogens is 2. The van der Waals surface area contributed by atoms with E-state index in [4.69, 9.17) is 0 Å². The zero-order chi connectivity index (χ0) is 13.1. The van der Waals surface area contributed by atoms with Gasteiger partial charge in [0.15, 0.2) is 0 Å². The smallest absolute Gasteiger partial charge is 0.304 e. The summed E-state index contributed by atoms with van der Waals surface area (Å²) >= 11 is 0. The van der Waals surface area contributed by atoms with Crippen molar-refractivity contribution in [3.8, 4) is 11.3 Å². The average molecular weight is 246 g/mol. The largest absolute Gasteiger partial charge is 0.338 e. The molecule has 2 aromatic rings. The molecule has 92 valence electrons. The fourth-order valence-corrected chi connectivity index (χ4v) is 1.57. The van der Waals surface area contributed by atoms with Crippen LogP contribution in [-0.4, -0.2) is 21.0 Å². The molecule has 0 aliphatic heterocycles. The third-order valence-electron chi connectivity index (χ3n) is 2.28. The van der Waals surface area contributed by atoms with E-state index in [1.54, 1.807) is 30.3 Å². The molecule has 0 unspecified atom stereocenters. The van der Waals surface area contributed by atoms with Gasteiger partial charge in [0.2, 0.25) is 11.7 Å². The van der Waals surface area contributed by atoms with Crippen molar-refractivity contribution >= 4 is 17.4 Å². The number of aromatic amines is 1. The highest BCUT2D eigenvalue weighted by molar-refractivity contribution is 5.92. The summed E-state index contributed by atoms with van der Waals surface area (Å²) in [7, 11) is 0. The first-order chi connectivity index (χ1) is 8.59. The predicted molar refractivity (Wildman–Crippen MR) is 65.0 cm³/mol. The van der Waals surface area contributed by atoms with E-state index in [0.29, 0.717) is 5.56 Å². The zero-order valence-electron chi connectivity index (χ0n) is 9.51. The Morgan fingerprint density at radius 2 is 2.06 bits per heavy atom. The molecule has 1 heterocycles. The van der Waals surface area contributed by atoms with Crippen molar-refractivity contribution in [1.29, 1.82) is 0 Å². The van der Waals surface area contributed by atoms with Gasteiger partial charge < -0.3 is 5.32 Å². The molecule has 18 heavy (non-hydrogen) atoms. The molecule has 0 spiro atoms. The molecule has 0 saturated heterocycles. The van der Waals surface area contributed by atoms with E-state index in [1.165, 1.54) is 6.92 Å². The molecule has 1 aromatic heterocycles. The van der Waals surface area contributed by atoms with E-state index in [-0.39, 0.29) is 17.2 Å². The number of rotatable bonds is 3. The lowest BCUT2D eigenvalue weighted by atomic mass is 10.1. The van der Waals surface area contributed by atoms with Crippen LogP contribution in [0.2, 0.25) is 0 Å². The van der Waals surface area contributed by atoms with Crippen molar-refractivity contribution < 1.29 is 9.72 Å². The Bertz CT molecular complexity index is 592. The maximum Gasteiger partial charge on any atom is 0.338 e. The molecule has 0 bridgehead atoms. The van der Waals surface area contributed by atoms with E-state index in [2.05, 4.69) is 15.5 Å². The summed E-state index contributed by atoms with van der Waals surface area (Å²) < 4.78 is 0. The lowest BCUT2D eigenvalue weighted by Crippen LogP contribution is -2.07. The summed E-state index contributed by atoms with van der Waals surface area (Å²) in [5.41, 5.74) is 0.661. The summed E-state index contributed by atoms with van der Waals surface area (Å²) in [6.45, 7) is 1.26. The minimum Gasteiger partial charge on any atom is -0.304 e. The van der Waals surface area contributed by atoms with Gasteiger partial charge in [0.05, 0.1) is 4.92 Å². The van der Waals surface area contributed by atoms with Crippen molar-refractivity contribution in [2.45, 2.75) is 6.92 Å². The van der Waals surface area contributed by atoms with Gasteiger partial charge in [-0.05, 0) is 0 Å². The Hall–Kier alpha value is -2.70. The first kappa shape index (κ1) is 11.8. The number of nitro groups is 1. The van der Waals surface area contributed by atoms with Gasteiger partial charge in [0.25, 0.3) is 0 Å². The van der Waals surface area contributed by atoms with Gasteiger partial charge in [-0.2, -0.15) is 0 Å². The average Bonchev–Trinajstić information content (AvgIpc) is 2.73. The van der Waals surface area contributed by atoms with Crippen LogP contribution < -0.4 is 5.32 Å². The monoisotopic (exact) mass is 246 g/mol. The van der Waals surface area contributed by atoms with Crippen LogP contribution in [0, 0.1) is 10.1 Å². The van der Waals surface area contributed by atoms with E-state index in [1.807, 2.05) is 0 Å². The summed E-state index contributed by atoms with van der Waals surface area (Å²) in [4.78, 5) is 21.4. The van der Waals surface area contributed by atoms with Crippen LogP contribution in [0.25, 0.3) is 11.3 Å². The minimum absolute atomic E-state index is 0.0775. The highest BCUT2D eigenvalue weighted by Gasteiger charge is 2.25. The molecule has 1 aromatic carbocycles. The third-order valence-corrected chi connectivity index (χ3v) is 2.28. The number of carbonyl (C=O) groups is 1. The van der Waals surface area contributed by atoms with E-state index >= 15 is 0 Å². The summed E-state index contributed by atoms with van der Waals surface area (Å²) in [5.74, 6) is -0.490. The van der Waals surface area contributed by atoms with Crippen molar-refractivity contribution in [3.63, 3.8) is 0 Å². The first-order valence-electron chi connectivity index (χ1n) is 5.15. The van der Waals surface area contributed by atoms with Crippen LogP contribution in [0.3, 0.4) is 0 Å². The topological polar surface area (TPSA) is 101 Å². The number of hydrogen-bond acceptors (Lipinski definition) is 4. The molecule has 0 aliphatic carbocycles.